The predicted molar refractivity (Wildman–Crippen MR) is 60.1 cm³/mol. The number of alkyl halides is 1. The van der Waals surface area contributed by atoms with Gasteiger partial charge in [-0.05, 0) is 30.3 Å². The van der Waals surface area contributed by atoms with Gasteiger partial charge in [0.1, 0.15) is 10.8 Å². The Hall–Kier alpha value is -0.150. The lowest BCUT2D eigenvalue weighted by atomic mass is 10.2. The molecule has 1 heterocycles. The van der Waals surface area contributed by atoms with Gasteiger partial charge in [-0.2, -0.15) is 4.37 Å². The van der Waals surface area contributed by atoms with Crippen molar-refractivity contribution in [2.45, 2.75) is 44.4 Å². The summed E-state index contributed by atoms with van der Waals surface area (Å²) in [5, 5.41) is 1.38. The number of rotatable bonds is 4. The maximum atomic E-state index is 6.24. The van der Waals surface area contributed by atoms with Gasteiger partial charge in [-0.25, -0.2) is 4.98 Å². The molecule has 1 aliphatic rings. The zero-order valence-corrected chi connectivity index (χ0v) is 10.1. The summed E-state index contributed by atoms with van der Waals surface area (Å²) in [6.45, 7) is 4.23. The van der Waals surface area contributed by atoms with E-state index >= 15 is 0 Å². The Bertz CT molecular complexity index is 307. The normalized spacial score (nSPS) is 18.9. The van der Waals surface area contributed by atoms with E-state index in [-0.39, 0.29) is 5.38 Å². The Morgan fingerprint density at radius 3 is 2.71 bits per heavy atom. The second-order valence-electron chi connectivity index (χ2n) is 4.26. The van der Waals surface area contributed by atoms with Crippen LogP contribution in [0.4, 0.5) is 0 Å². The van der Waals surface area contributed by atoms with Crippen molar-refractivity contribution in [1.29, 1.82) is 0 Å². The SMILES string of the molecule is CC(C)c1nsc(CC(Cl)C2CC2)n1. The summed E-state index contributed by atoms with van der Waals surface area (Å²) < 4.78 is 4.32. The van der Waals surface area contributed by atoms with Crippen LogP contribution in [0, 0.1) is 5.92 Å². The molecule has 0 bridgehead atoms. The Balaban J connectivity index is 1.95. The summed E-state index contributed by atoms with van der Waals surface area (Å²) in [7, 11) is 0. The second kappa shape index (κ2) is 4.15. The molecule has 1 aromatic rings. The molecule has 0 radical (unpaired) electrons. The number of hydrogen-bond acceptors (Lipinski definition) is 3. The van der Waals surface area contributed by atoms with E-state index in [0.717, 1.165) is 23.2 Å². The van der Waals surface area contributed by atoms with Crippen molar-refractivity contribution < 1.29 is 0 Å². The number of hydrogen-bond donors (Lipinski definition) is 0. The lowest BCUT2D eigenvalue weighted by Gasteiger charge is -2.03. The largest absolute Gasteiger partial charge is 0.224 e. The zero-order chi connectivity index (χ0) is 10.1. The minimum absolute atomic E-state index is 0.281. The fourth-order valence-corrected chi connectivity index (χ4v) is 2.71. The molecule has 2 nitrogen and oxygen atoms in total. The van der Waals surface area contributed by atoms with Crippen LogP contribution in [0.2, 0.25) is 0 Å². The van der Waals surface area contributed by atoms with E-state index < -0.39 is 0 Å². The van der Waals surface area contributed by atoms with Crippen LogP contribution in [0.1, 0.15) is 43.4 Å². The molecule has 1 aromatic heterocycles. The van der Waals surface area contributed by atoms with Crippen LogP contribution >= 0.6 is 23.1 Å². The highest BCUT2D eigenvalue weighted by molar-refractivity contribution is 7.05. The molecule has 0 spiro atoms. The Morgan fingerprint density at radius 1 is 1.50 bits per heavy atom. The molecular formula is C10H15ClN2S. The average molecular weight is 231 g/mol. The summed E-state index contributed by atoms with van der Waals surface area (Å²) in [5.41, 5.74) is 0. The van der Waals surface area contributed by atoms with Crippen LogP contribution in [0.3, 0.4) is 0 Å². The molecule has 0 N–H and O–H groups in total. The summed E-state index contributed by atoms with van der Waals surface area (Å²) in [4.78, 5) is 4.48. The van der Waals surface area contributed by atoms with Gasteiger partial charge in [-0.1, -0.05) is 13.8 Å². The number of nitrogens with zero attached hydrogens (tertiary/aromatic N) is 2. The van der Waals surface area contributed by atoms with Gasteiger partial charge in [0.05, 0.1) is 0 Å². The van der Waals surface area contributed by atoms with Gasteiger partial charge < -0.3 is 0 Å². The van der Waals surface area contributed by atoms with Crippen LogP contribution in [-0.2, 0) is 6.42 Å². The number of aromatic nitrogens is 2. The molecule has 0 amide bonds. The first-order valence-corrected chi connectivity index (χ1v) is 6.34. The van der Waals surface area contributed by atoms with Gasteiger partial charge in [0, 0.05) is 17.7 Å². The van der Waals surface area contributed by atoms with Crippen molar-refractivity contribution in [1.82, 2.24) is 9.36 Å². The molecule has 2 rings (SSSR count). The minimum atomic E-state index is 0.281. The Kier molecular flexibility index (Phi) is 3.07. The van der Waals surface area contributed by atoms with Crippen molar-refractivity contribution >= 4 is 23.1 Å². The molecule has 0 aliphatic heterocycles. The van der Waals surface area contributed by atoms with Gasteiger partial charge in [-0.15, -0.1) is 11.6 Å². The van der Waals surface area contributed by atoms with Gasteiger partial charge in [0.2, 0.25) is 0 Å². The maximum Gasteiger partial charge on any atom is 0.145 e. The van der Waals surface area contributed by atoms with Gasteiger partial charge in [0.25, 0.3) is 0 Å². The van der Waals surface area contributed by atoms with Crippen LogP contribution in [0.15, 0.2) is 0 Å². The Morgan fingerprint density at radius 2 is 2.21 bits per heavy atom. The third-order valence-electron chi connectivity index (χ3n) is 2.50. The molecule has 4 heteroatoms. The topological polar surface area (TPSA) is 25.8 Å². The molecule has 1 fully saturated rings. The summed E-state index contributed by atoms with van der Waals surface area (Å²) in [6.07, 6.45) is 3.49. The molecular weight excluding hydrogens is 216 g/mol. The second-order valence-corrected chi connectivity index (χ2v) is 5.66. The molecule has 1 unspecified atom stereocenters. The van der Waals surface area contributed by atoms with E-state index in [0.29, 0.717) is 5.92 Å². The summed E-state index contributed by atoms with van der Waals surface area (Å²) >= 11 is 7.75. The third kappa shape index (κ3) is 2.45. The van der Waals surface area contributed by atoms with E-state index in [2.05, 4.69) is 23.2 Å². The average Bonchev–Trinajstić information content (AvgIpc) is 2.87. The fourth-order valence-electron chi connectivity index (χ4n) is 1.38. The molecule has 1 saturated carbocycles. The molecule has 14 heavy (non-hydrogen) atoms. The quantitative estimate of drug-likeness (QED) is 0.743. The third-order valence-corrected chi connectivity index (χ3v) is 3.76. The zero-order valence-electron chi connectivity index (χ0n) is 8.53. The lowest BCUT2D eigenvalue weighted by Crippen LogP contribution is -2.05. The van der Waals surface area contributed by atoms with Gasteiger partial charge in [-0.3, -0.25) is 0 Å². The Labute approximate surface area is 93.9 Å². The number of halogens is 1. The maximum absolute atomic E-state index is 6.24. The van der Waals surface area contributed by atoms with Crippen LogP contribution in [0.25, 0.3) is 0 Å². The summed E-state index contributed by atoms with van der Waals surface area (Å²) in [6, 6.07) is 0. The first-order valence-electron chi connectivity index (χ1n) is 5.13. The molecule has 0 aromatic carbocycles. The van der Waals surface area contributed by atoms with Crippen molar-refractivity contribution in [3.05, 3.63) is 10.8 Å². The fraction of sp³-hybridized carbons (Fsp3) is 0.800. The van der Waals surface area contributed by atoms with Crippen molar-refractivity contribution in [3.63, 3.8) is 0 Å². The van der Waals surface area contributed by atoms with Crippen LogP contribution < -0.4 is 0 Å². The molecule has 1 atom stereocenters. The van der Waals surface area contributed by atoms with Crippen LogP contribution in [0.5, 0.6) is 0 Å². The predicted octanol–water partition coefficient (Wildman–Crippen LogP) is 3.22. The lowest BCUT2D eigenvalue weighted by molar-refractivity contribution is 0.724. The van der Waals surface area contributed by atoms with E-state index in [9.17, 15) is 0 Å². The first-order chi connectivity index (χ1) is 6.66. The van der Waals surface area contributed by atoms with Crippen molar-refractivity contribution in [2.75, 3.05) is 0 Å². The highest BCUT2D eigenvalue weighted by atomic mass is 35.5. The smallest absolute Gasteiger partial charge is 0.145 e. The van der Waals surface area contributed by atoms with E-state index in [1.807, 2.05) is 0 Å². The van der Waals surface area contributed by atoms with E-state index in [1.165, 1.54) is 24.4 Å². The highest BCUT2D eigenvalue weighted by Gasteiger charge is 2.30. The van der Waals surface area contributed by atoms with Gasteiger partial charge in [0.15, 0.2) is 0 Å². The van der Waals surface area contributed by atoms with Crippen LogP contribution in [-0.4, -0.2) is 14.7 Å². The van der Waals surface area contributed by atoms with Gasteiger partial charge >= 0.3 is 0 Å². The summed E-state index contributed by atoms with van der Waals surface area (Å²) in [5.74, 6) is 2.13. The standard InChI is InChI=1S/C10H15ClN2S/c1-6(2)10-12-9(14-13-10)5-8(11)7-3-4-7/h6-8H,3-5H2,1-2H3. The van der Waals surface area contributed by atoms with Crippen molar-refractivity contribution in [2.24, 2.45) is 5.92 Å². The minimum Gasteiger partial charge on any atom is -0.224 e. The van der Waals surface area contributed by atoms with Crippen molar-refractivity contribution in [3.8, 4) is 0 Å². The monoisotopic (exact) mass is 230 g/mol. The highest BCUT2D eigenvalue weighted by Crippen LogP contribution is 2.37. The molecule has 78 valence electrons. The molecule has 1 aliphatic carbocycles. The van der Waals surface area contributed by atoms with E-state index in [1.54, 1.807) is 0 Å². The van der Waals surface area contributed by atoms with E-state index in [4.69, 9.17) is 11.6 Å². The molecule has 0 saturated heterocycles. The first kappa shape index (κ1) is 10.4.